The number of rotatable bonds is 3. The lowest BCUT2D eigenvalue weighted by molar-refractivity contribution is -0.135. The molecule has 1 aromatic rings. The van der Waals surface area contributed by atoms with Crippen LogP contribution in [0.5, 0.6) is 0 Å². The minimum Gasteiger partial charge on any atom is -0.338 e. The van der Waals surface area contributed by atoms with Crippen molar-refractivity contribution in [2.45, 2.75) is 38.3 Å². The Balaban J connectivity index is 0.00000208. The molecule has 0 saturated carbocycles. The standard InChI is InChI=1S/C18H25N3O2.ClH/c1-13-10-14(11-19)12-21(13)18(23)16-8-5-9-20(16)17(22)15-6-3-2-4-7-15;/h2-4,6-7,13-14,16H,5,8-12,19H2,1H3;1H. The zero-order valence-corrected chi connectivity index (χ0v) is 14.9. The van der Waals surface area contributed by atoms with Gasteiger partial charge >= 0.3 is 0 Å². The summed E-state index contributed by atoms with van der Waals surface area (Å²) in [6, 6.07) is 9.12. The second kappa shape index (κ2) is 7.99. The van der Waals surface area contributed by atoms with Crippen molar-refractivity contribution in [1.82, 2.24) is 9.80 Å². The van der Waals surface area contributed by atoms with Gasteiger partial charge in [0, 0.05) is 24.7 Å². The van der Waals surface area contributed by atoms with Gasteiger partial charge in [0.15, 0.2) is 0 Å². The van der Waals surface area contributed by atoms with Crippen molar-refractivity contribution < 1.29 is 9.59 Å². The van der Waals surface area contributed by atoms with E-state index in [1.54, 1.807) is 4.90 Å². The minimum absolute atomic E-state index is 0. The summed E-state index contributed by atoms with van der Waals surface area (Å²) in [4.78, 5) is 29.4. The van der Waals surface area contributed by atoms with E-state index in [1.165, 1.54) is 0 Å². The molecule has 5 nitrogen and oxygen atoms in total. The summed E-state index contributed by atoms with van der Waals surface area (Å²) in [5, 5.41) is 0. The van der Waals surface area contributed by atoms with Gasteiger partial charge < -0.3 is 15.5 Å². The van der Waals surface area contributed by atoms with E-state index in [9.17, 15) is 9.59 Å². The van der Waals surface area contributed by atoms with Crippen molar-refractivity contribution >= 4 is 24.2 Å². The van der Waals surface area contributed by atoms with Gasteiger partial charge in [0.05, 0.1) is 0 Å². The first kappa shape index (κ1) is 18.7. The maximum Gasteiger partial charge on any atom is 0.254 e. The fraction of sp³-hybridized carbons (Fsp3) is 0.556. The van der Waals surface area contributed by atoms with E-state index < -0.39 is 0 Å². The minimum atomic E-state index is -0.318. The van der Waals surface area contributed by atoms with Gasteiger partial charge in [-0.15, -0.1) is 12.4 Å². The Labute approximate surface area is 149 Å². The highest BCUT2D eigenvalue weighted by Gasteiger charge is 2.40. The van der Waals surface area contributed by atoms with Crippen LogP contribution in [0.1, 0.15) is 36.5 Å². The lowest BCUT2D eigenvalue weighted by Gasteiger charge is -2.30. The molecule has 0 aromatic heterocycles. The number of likely N-dealkylation sites (tertiary alicyclic amines) is 2. The third kappa shape index (κ3) is 3.57. The first-order valence-electron chi connectivity index (χ1n) is 8.48. The summed E-state index contributed by atoms with van der Waals surface area (Å²) in [5.74, 6) is 0.438. The topological polar surface area (TPSA) is 66.6 Å². The molecule has 2 saturated heterocycles. The summed E-state index contributed by atoms with van der Waals surface area (Å²) < 4.78 is 0. The number of nitrogens with two attached hydrogens (primary N) is 1. The van der Waals surface area contributed by atoms with Gasteiger partial charge in [-0.2, -0.15) is 0 Å². The number of amides is 2. The molecule has 3 atom stereocenters. The molecule has 2 aliphatic rings. The van der Waals surface area contributed by atoms with Gasteiger partial charge in [0.2, 0.25) is 5.91 Å². The Bertz CT molecular complexity index is 581. The molecule has 3 unspecified atom stereocenters. The molecule has 132 valence electrons. The zero-order chi connectivity index (χ0) is 16.4. The Hall–Kier alpha value is -1.59. The number of benzene rings is 1. The predicted molar refractivity (Wildman–Crippen MR) is 96.1 cm³/mol. The molecule has 0 spiro atoms. The molecule has 6 heteroatoms. The van der Waals surface area contributed by atoms with E-state index in [-0.39, 0.29) is 36.3 Å². The quantitative estimate of drug-likeness (QED) is 0.904. The van der Waals surface area contributed by atoms with Crippen LogP contribution >= 0.6 is 12.4 Å². The molecular formula is C18H26ClN3O2. The van der Waals surface area contributed by atoms with Crippen LogP contribution in [0.15, 0.2) is 30.3 Å². The normalized spacial score (nSPS) is 26.3. The third-order valence-electron chi connectivity index (χ3n) is 5.10. The summed E-state index contributed by atoms with van der Waals surface area (Å²) in [7, 11) is 0. The van der Waals surface area contributed by atoms with Gasteiger partial charge in [-0.05, 0) is 50.8 Å². The summed E-state index contributed by atoms with van der Waals surface area (Å²) in [6.45, 7) is 4.07. The first-order chi connectivity index (χ1) is 11.1. The van der Waals surface area contributed by atoms with Crippen molar-refractivity contribution in [3.63, 3.8) is 0 Å². The Morgan fingerprint density at radius 2 is 1.92 bits per heavy atom. The molecule has 2 N–H and O–H groups in total. The average Bonchev–Trinajstić information content (AvgIpc) is 3.21. The smallest absolute Gasteiger partial charge is 0.254 e. The Morgan fingerprint density at radius 3 is 2.54 bits per heavy atom. The number of hydrogen-bond acceptors (Lipinski definition) is 3. The third-order valence-corrected chi connectivity index (χ3v) is 5.10. The van der Waals surface area contributed by atoms with Crippen LogP contribution in [0.25, 0.3) is 0 Å². The number of halogens is 1. The van der Waals surface area contributed by atoms with Crippen LogP contribution in [-0.4, -0.2) is 53.3 Å². The lowest BCUT2D eigenvalue weighted by Crippen LogP contribution is -2.49. The second-order valence-electron chi connectivity index (χ2n) is 6.70. The Morgan fingerprint density at radius 1 is 1.21 bits per heavy atom. The van der Waals surface area contributed by atoms with Crippen molar-refractivity contribution in [3.05, 3.63) is 35.9 Å². The molecule has 0 aliphatic carbocycles. The van der Waals surface area contributed by atoms with E-state index in [0.717, 1.165) is 25.8 Å². The van der Waals surface area contributed by atoms with Gasteiger partial charge in [-0.3, -0.25) is 9.59 Å². The fourth-order valence-electron chi connectivity index (χ4n) is 3.82. The lowest BCUT2D eigenvalue weighted by atomic mass is 10.1. The van der Waals surface area contributed by atoms with E-state index in [0.29, 0.717) is 24.6 Å². The molecule has 2 amide bonds. The van der Waals surface area contributed by atoms with Gasteiger partial charge in [-0.25, -0.2) is 0 Å². The van der Waals surface area contributed by atoms with Crippen LogP contribution in [-0.2, 0) is 4.79 Å². The number of carbonyl (C=O) groups excluding carboxylic acids is 2. The highest BCUT2D eigenvalue weighted by atomic mass is 35.5. The van der Waals surface area contributed by atoms with E-state index in [4.69, 9.17) is 5.73 Å². The van der Waals surface area contributed by atoms with Crippen molar-refractivity contribution in [1.29, 1.82) is 0 Å². The van der Waals surface area contributed by atoms with Crippen LogP contribution in [0.4, 0.5) is 0 Å². The zero-order valence-electron chi connectivity index (χ0n) is 14.1. The molecular weight excluding hydrogens is 326 g/mol. The first-order valence-corrected chi connectivity index (χ1v) is 8.48. The van der Waals surface area contributed by atoms with Gasteiger partial charge in [0.25, 0.3) is 5.91 Å². The van der Waals surface area contributed by atoms with E-state index >= 15 is 0 Å². The number of nitrogens with zero attached hydrogens (tertiary/aromatic N) is 2. The molecule has 1 aromatic carbocycles. The van der Waals surface area contributed by atoms with Gasteiger partial charge in [-0.1, -0.05) is 18.2 Å². The summed E-state index contributed by atoms with van der Waals surface area (Å²) in [5.41, 5.74) is 6.42. The second-order valence-corrected chi connectivity index (χ2v) is 6.70. The van der Waals surface area contributed by atoms with Crippen LogP contribution in [0, 0.1) is 5.92 Å². The highest BCUT2D eigenvalue weighted by Crippen LogP contribution is 2.28. The van der Waals surface area contributed by atoms with Crippen molar-refractivity contribution in [3.8, 4) is 0 Å². The highest BCUT2D eigenvalue weighted by molar-refractivity contribution is 5.98. The Kier molecular flexibility index (Phi) is 6.24. The van der Waals surface area contributed by atoms with Crippen LogP contribution in [0.2, 0.25) is 0 Å². The van der Waals surface area contributed by atoms with Gasteiger partial charge in [0.1, 0.15) is 6.04 Å². The maximum absolute atomic E-state index is 13.0. The number of carbonyl (C=O) groups is 2. The van der Waals surface area contributed by atoms with Crippen molar-refractivity contribution in [2.24, 2.45) is 11.7 Å². The monoisotopic (exact) mass is 351 g/mol. The van der Waals surface area contributed by atoms with E-state index in [1.807, 2.05) is 35.2 Å². The molecule has 0 radical (unpaired) electrons. The average molecular weight is 352 g/mol. The number of hydrogen-bond donors (Lipinski definition) is 1. The van der Waals surface area contributed by atoms with E-state index in [2.05, 4.69) is 6.92 Å². The molecule has 3 rings (SSSR count). The summed E-state index contributed by atoms with van der Waals surface area (Å²) >= 11 is 0. The SMILES string of the molecule is CC1CC(CN)CN1C(=O)C1CCCN1C(=O)c1ccccc1.Cl. The van der Waals surface area contributed by atoms with Crippen LogP contribution in [0.3, 0.4) is 0 Å². The molecule has 2 fully saturated rings. The predicted octanol–water partition coefficient (Wildman–Crippen LogP) is 1.91. The molecule has 24 heavy (non-hydrogen) atoms. The van der Waals surface area contributed by atoms with Crippen LogP contribution < -0.4 is 5.73 Å². The molecule has 0 bridgehead atoms. The molecule has 2 heterocycles. The van der Waals surface area contributed by atoms with Crippen molar-refractivity contribution in [2.75, 3.05) is 19.6 Å². The maximum atomic E-state index is 13.0. The fourth-order valence-corrected chi connectivity index (χ4v) is 3.82. The largest absolute Gasteiger partial charge is 0.338 e. The summed E-state index contributed by atoms with van der Waals surface area (Å²) in [6.07, 6.45) is 2.60. The molecule has 2 aliphatic heterocycles.